The molecule has 0 atom stereocenters. The molecule has 0 aliphatic heterocycles. The molecule has 1 N–H and O–H groups in total. The molecule has 0 aliphatic carbocycles. The van der Waals surface area contributed by atoms with Crippen LogP contribution in [0.5, 0.6) is 0 Å². The number of aryl methyl sites for hydroxylation is 1. The average molecular weight is 297 g/mol. The Labute approximate surface area is 127 Å². The third-order valence-corrected chi connectivity index (χ3v) is 3.49. The minimum Gasteiger partial charge on any atom is -0.451 e. The molecule has 0 bridgehead atoms. The second kappa shape index (κ2) is 6.02. The Hall–Kier alpha value is -2.62. The van der Waals surface area contributed by atoms with Gasteiger partial charge in [0.2, 0.25) is 0 Å². The van der Waals surface area contributed by atoms with Crippen LogP contribution in [0.4, 0.5) is 4.39 Å². The third-order valence-electron chi connectivity index (χ3n) is 3.49. The van der Waals surface area contributed by atoms with E-state index in [-0.39, 0.29) is 11.7 Å². The number of fused-ring (bicyclic) bond motifs is 1. The molecule has 1 heterocycles. The number of hydrogen-bond acceptors (Lipinski definition) is 2. The Bertz CT molecular complexity index is 823. The molecule has 2 aromatic carbocycles. The molecule has 1 amide bonds. The number of nitrogens with one attached hydrogen (secondary N) is 1. The van der Waals surface area contributed by atoms with Crippen molar-refractivity contribution in [2.45, 2.75) is 13.3 Å². The Morgan fingerprint density at radius 2 is 2.05 bits per heavy atom. The highest BCUT2D eigenvalue weighted by Gasteiger charge is 2.11. The molecule has 0 unspecified atom stereocenters. The maximum absolute atomic E-state index is 13.1. The van der Waals surface area contributed by atoms with Crippen molar-refractivity contribution in [1.82, 2.24) is 5.32 Å². The number of furan rings is 1. The first-order valence-electron chi connectivity index (χ1n) is 7.15. The van der Waals surface area contributed by atoms with Gasteiger partial charge in [0.1, 0.15) is 11.4 Å². The number of benzene rings is 2. The Balaban J connectivity index is 1.63. The van der Waals surface area contributed by atoms with Crippen molar-refractivity contribution < 1.29 is 13.6 Å². The van der Waals surface area contributed by atoms with E-state index >= 15 is 0 Å². The van der Waals surface area contributed by atoms with Crippen molar-refractivity contribution in [3.05, 3.63) is 71.2 Å². The maximum atomic E-state index is 13.1. The quantitative estimate of drug-likeness (QED) is 0.794. The molecule has 1 aromatic heterocycles. The van der Waals surface area contributed by atoms with E-state index in [0.29, 0.717) is 24.3 Å². The Morgan fingerprint density at radius 3 is 2.86 bits per heavy atom. The van der Waals surface area contributed by atoms with E-state index < -0.39 is 0 Å². The van der Waals surface area contributed by atoms with Crippen molar-refractivity contribution >= 4 is 16.9 Å². The highest BCUT2D eigenvalue weighted by molar-refractivity contribution is 5.96. The van der Waals surface area contributed by atoms with E-state index in [1.54, 1.807) is 12.1 Å². The number of halogens is 1. The van der Waals surface area contributed by atoms with Crippen LogP contribution in [0, 0.1) is 12.7 Å². The Morgan fingerprint density at radius 1 is 1.18 bits per heavy atom. The number of amides is 1. The molecule has 0 spiro atoms. The van der Waals surface area contributed by atoms with E-state index in [1.807, 2.05) is 31.2 Å². The summed E-state index contributed by atoms with van der Waals surface area (Å²) in [6.45, 7) is 2.40. The summed E-state index contributed by atoms with van der Waals surface area (Å²) >= 11 is 0. The molecular weight excluding hydrogens is 281 g/mol. The minimum absolute atomic E-state index is 0.259. The van der Waals surface area contributed by atoms with Crippen LogP contribution >= 0.6 is 0 Å². The number of rotatable bonds is 4. The van der Waals surface area contributed by atoms with Crippen LogP contribution in [0.2, 0.25) is 0 Å². The SMILES string of the molecule is Cc1ccc2cc(C(=O)NCCc3cccc(F)c3)oc2c1. The highest BCUT2D eigenvalue weighted by atomic mass is 19.1. The zero-order valence-electron chi connectivity index (χ0n) is 12.2. The molecule has 112 valence electrons. The fraction of sp³-hybridized carbons (Fsp3) is 0.167. The number of hydrogen-bond donors (Lipinski definition) is 1. The van der Waals surface area contributed by atoms with E-state index in [2.05, 4.69) is 5.32 Å². The van der Waals surface area contributed by atoms with Crippen molar-refractivity contribution in [2.75, 3.05) is 6.54 Å². The van der Waals surface area contributed by atoms with E-state index in [1.165, 1.54) is 12.1 Å². The van der Waals surface area contributed by atoms with Crippen molar-refractivity contribution in [3.63, 3.8) is 0 Å². The molecule has 0 radical (unpaired) electrons. The van der Waals surface area contributed by atoms with Gasteiger partial charge in [-0.2, -0.15) is 0 Å². The van der Waals surface area contributed by atoms with E-state index in [9.17, 15) is 9.18 Å². The van der Waals surface area contributed by atoms with Gasteiger partial charge in [0.15, 0.2) is 5.76 Å². The summed E-state index contributed by atoms with van der Waals surface area (Å²) in [4.78, 5) is 12.1. The summed E-state index contributed by atoms with van der Waals surface area (Å²) in [6, 6.07) is 13.9. The fourth-order valence-electron chi connectivity index (χ4n) is 2.35. The summed E-state index contributed by atoms with van der Waals surface area (Å²) in [5.41, 5.74) is 2.63. The van der Waals surface area contributed by atoms with Gasteiger partial charge < -0.3 is 9.73 Å². The Kier molecular flexibility index (Phi) is 3.92. The van der Waals surface area contributed by atoms with Gasteiger partial charge in [0.05, 0.1) is 0 Å². The van der Waals surface area contributed by atoms with Gasteiger partial charge in [-0.05, 0) is 48.7 Å². The lowest BCUT2D eigenvalue weighted by Crippen LogP contribution is -2.25. The summed E-state index contributed by atoms with van der Waals surface area (Å²) in [5, 5.41) is 3.69. The monoisotopic (exact) mass is 297 g/mol. The van der Waals surface area contributed by atoms with Gasteiger partial charge in [-0.1, -0.05) is 24.3 Å². The first kappa shape index (κ1) is 14.3. The van der Waals surface area contributed by atoms with Gasteiger partial charge in [-0.25, -0.2) is 4.39 Å². The molecule has 0 fully saturated rings. The van der Waals surface area contributed by atoms with Crippen LogP contribution in [-0.4, -0.2) is 12.5 Å². The van der Waals surface area contributed by atoms with Crippen molar-refractivity contribution in [3.8, 4) is 0 Å². The molecule has 0 saturated carbocycles. The van der Waals surface area contributed by atoms with E-state index in [4.69, 9.17) is 4.42 Å². The van der Waals surface area contributed by atoms with Gasteiger partial charge in [-0.3, -0.25) is 4.79 Å². The molecule has 3 nitrogen and oxygen atoms in total. The van der Waals surface area contributed by atoms with Crippen LogP contribution in [0.15, 0.2) is 52.9 Å². The van der Waals surface area contributed by atoms with Gasteiger partial charge in [-0.15, -0.1) is 0 Å². The first-order valence-corrected chi connectivity index (χ1v) is 7.15. The minimum atomic E-state index is -0.267. The standard InChI is InChI=1S/C18H16FNO2/c1-12-5-6-14-11-17(22-16(14)9-12)18(21)20-8-7-13-3-2-4-15(19)10-13/h2-6,9-11H,7-8H2,1H3,(H,20,21). The summed E-state index contributed by atoms with van der Waals surface area (Å²) in [5.74, 6) is -0.235. The second-order valence-electron chi connectivity index (χ2n) is 5.29. The zero-order chi connectivity index (χ0) is 15.5. The highest BCUT2D eigenvalue weighted by Crippen LogP contribution is 2.20. The number of carbonyl (C=O) groups is 1. The summed E-state index contributed by atoms with van der Waals surface area (Å²) in [7, 11) is 0. The predicted octanol–water partition coefficient (Wildman–Crippen LogP) is 3.85. The fourth-order valence-corrected chi connectivity index (χ4v) is 2.35. The first-order chi connectivity index (χ1) is 10.6. The average Bonchev–Trinajstić information content (AvgIpc) is 2.90. The lowest BCUT2D eigenvalue weighted by Gasteiger charge is -2.03. The molecular formula is C18H16FNO2. The smallest absolute Gasteiger partial charge is 0.287 e. The van der Waals surface area contributed by atoms with Crippen molar-refractivity contribution in [1.29, 1.82) is 0 Å². The molecule has 4 heteroatoms. The second-order valence-corrected chi connectivity index (χ2v) is 5.29. The van der Waals surface area contributed by atoms with Crippen LogP contribution in [0.25, 0.3) is 11.0 Å². The normalized spacial score (nSPS) is 10.8. The number of carbonyl (C=O) groups excluding carboxylic acids is 1. The van der Waals surface area contributed by atoms with Crippen LogP contribution < -0.4 is 5.32 Å². The molecule has 0 saturated heterocycles. The third kappa shape index (κ3) is 3.17. The van der Waals surface area contributed by atoms with Crippen LogP contribution in [0.3, 0.4) is 0 Å². The lowest BCUT2D eigenvalue weighted by molar-refractivity contribution is 0.0928. The van der Waals surface area contributed by atoms with Crippen LogP contribution in [0.1, 0.15) is 21.7 Å². The molecule has 22 heavy (non-hydrogen) atoms. The largest absolute Gasteiger partial charge is 0.451 e. The summed E-state index contributed by atoms with van der Waals surface area (Å²) in [6.07, 6.45) is 0.572. The topological polar surface area (TPSA) is 42.2 Å². The molecule has 3 rings (SSSR count). The van der Waals surface area contributed by atoms with Gasteiger partial charge in [0, 0.05) is 11.9 Å². The van der Waals surface area contributed by atoms with Gasteiger partial charge in [0.25, 0.3) is 5.91 Å². The van der Waals surface area contributed by atoms with Gasteiger partial charge >= 0.3 is 0 Å². The van der Waals surface area contributed by atoms with Crippen LogP contribution in [-0.2, 0) is 6.42 Å². The zero-order valence-corrected chi connectivity index (χ0v) is 12.2. The van der Waals surface area contributed by atoms with E-state index in [0.717, 1.165) is 16.5 Å². The predicted molar refractivity (Wildman–Crippen MR) is 83.4 cm³/mol. The lowest BCUT2D eigenvalue weighted by atomic mass is 10.1. The van der Waals surface area contributed by atoms with Crippen molar-refractivity contribution in [2.24, 2.45) is 0 Å². The molecule has 3 aromatic rings. The summed E-state index contributed by atoms with van der Waals surface area (Å²) < 4.78 is 18.6. The maximum Gasteiger partial charge on any atom is 0.287 e. The molecule has 0 aliphatic rings.